The van der Waals surface area contributed by atoms with E-state index >= 15 is 0 Å². The third-order valence-corrected chi connectivity index (χ3v) is 2.43. The zero-order valence-electron chi connectivity index (χ0n) is 8.65. The van der Waals surface area contributed by atoms with Crippen LogP contribution in [0.1, 0.15) is 5.56 Å². The molecule has 2 rings (SSSR count). The van der Waals surface area contributed by atoms with Gasteiger partial charge in [-0.1, -0.05) is 23.7 Å². The normalized spacial score (nSPS) is 9.71. The number of halogens is 2. The van der Waals surface area contributed by atoms with Gasteiger partial charge in [0, 0.05) is 6.07 Å². The largest absolute Gasteiger partial charge is 0.456 e. The zero-order chi connectivity index (χ0) is 12.3. The highest BCUT2D eigenvalue weighted by Crippen LogP contribution is 2.27. The minimum Gasteiger partial charge on any atom is -0.456 e. The second kappa shape index (κ2) is 4.86. The summed E-state index contributed by atoms with van der Waals surface area (Å²) in [4.78, 5) is 0. The maximum atomic E-state index is 13.2. The molecule has 2 aromatic carbocycles. The standard InChI is InChI=1S/C13H7ClFNO/c14-11-6-5-10(7-12(11)15)17-13-4-2-1-3-9(13)8-16/h1-7H. The Morgan fingerprint density at radius 2 is 1.94 bits per heavy atom. The molecular formula is C13H7ClFNO. The Balaban J connectivity index is 2.32. The molecule has 0 spiro atoms. The molecule has 0 aliphatic heterocycles. The highest BCUT2D eigenvalue weighted by Gasteiger charge is 2.06. The Bertz CT molecular complexity index is 592. The maximum absolute atomic E-state index is 13.2. The molecule has 0 amide bonds. The van der Waals surface area contributed by atoms with Crippen molar-refractivity contribution in [3.05, 3.63) is 58.9 Å². The Kier molecular flexibility index (Phi) is 3.27. The molecule has 0 unspecified atom stereocenters. The summed E-state index contributed by atoms with van der Waals surface area (Å²) >= 11 is 5.56. The predicted octanol–water partition coefficient (Wildman–Crippen LogP) is 4.14. The van der Waals surface area contributed by atoms with E-state index < -0.39 is 5.82 Å². The molecule has 0 bridgehead atoms. The molecule has 0 N–H and O–H groups in total. The van der Waals surface area contributed by atoms with Crippen LogP contribution in [0.2, 0.25) is 5.02 Å². The molecule has 2 aromatic rings. The van der Waals surface area contributed by atoms with Gasteiger partial charge in [0.15, 0.2) is 0 Å². The average Bonchev–Trinajstić information content (AvgIpc) is 2.34. The van der Waals surface area contributed by atoms with Crippen LogP contribution in [-0.4, -0.2) is 0 Å². The van der Waals surface area contributed by atoms with Crippen molar-refractivity contribution >= 4 is 11.6 Å². The molecule has 0 atom stereocenters. The average molecular weight is 248 g/mol. The first-order valence-corrected chi connectivity index (χ1v) is 5.20. The van der Waals surface area contributed by atoms with Gasteiger partial charge >= 0.3 is 0 Å². The van der Waals surface area contributed by atoms with Crippen molar-refractivity contribution in [3.63, 3.8) is 0 Å². The number of rotatable bonds is 2. The molecule has 0 aliphatic rings. The van der Waals surface area contributed by atoms with E-state index in [0.717, 1.165) is 0 Å². The SMILES string of the molecule is N#Cc1ccccc1Oc1ccc(Cl)c(F)c1. The van der Waals surface area contributed by atoms with Crippen molar-refractivity contribution in [2.75, 3.05) is 0 Å². The lowest BCUT2D eigenvalue weighted by atomic mass is 10.2. The summed E-state index contributed by atoms with van der Waals surface area (Å²) in [6.45, 7) is 0. The maximum Gasteiger partial charge on any atom is 0.145 e. The van der Waals surface area contributed by atoms with Gasteiger partial charge in [0.1, 0.15) is 23.4 Å². The molecule has 0 radical (unpaired) electrons. The first kappa shape index (κ1) is 11.4. The number of benzene rings is 2. The van der Waals surface area contributed by atoms with E-state index in [9.17, 15) is 4.39 Å². The molecule has 2 nitrogen and oxygen atoms in total. The number of nitriles is 1. The predicted molar refractivity (Wildman–Crippen MR) is 62.6 cm³/mol. The van der Waals surface area contributed by atoms with Crippen LogP contribution in [0.3, 0.4) is 0 Å². The Hall–Kier alpha value is -2.05. The van der Waals surface area contributed by atoms with Crippen molar-refractivity contribution in [1.29, 1.82) is 5.26 Å². The first-order chi connectivity index (χ1) is 8.20. The van der Waals surface area contributed by atoms with Gasteiger partial charge in [-0.2, -0.15) is 5.26 Å². The first-order valence-electron chi connectivity index (χ1n) is 4.83. The quantitative estimate of drug-likeness (QED) is 0.799. The van der Waals surface area contributed by atoms with E-state index in [2.05, 4.69) is 0 Å². The van der Waals surface area contributed by atoms with Gasteiger partial charge in [-0.15, -0.1) is 0 Å². The van der Waals surface area contributed by atoms with Gasteiger partial charge < -0.3 is 4.74 Å². The molecule has 0 fully saturated rings. The highest BCUT2D eigenvalue weighted by molar-refractivity contribution is 6.30. The molecule has 17 heavy (non-hydrogen) atoms. The van der Waals surface area contributed by atoms with E-state index in [1.165, 1.54) is 12.1 Å². The fourth-order valence-corrected chi connectivity index (χ4v) is 1.43. The van der Waals surface area contributed by atoms with E-state index in [4.69, 9.17) is 21.6 Å². The molecule has 84 valence electrons. The number of ether oxygens (including phenoxy) is 1. The van der Waals surface area contributed by atoms with Crippen molar-refractivity contribution in [2.24, 2.45) is 0 Å². The minimum absolute atomic E-state index is 0.0333. The number of para-hydroxylation sites is 1. The third-order valence-electron chi connectivity index (χ3n) is 2.13. The van der Waals surface area contributed by atoms with Crippen LogP contribution in [0.5, 0.6) is 11.5 Å². The van der Waals surface area contributed by atoms with E-state index in [1.807, 2.05) is 6.07 Å². The van der Waals surface area contributed by atoms with Crippen LogP contribution in [0.25, 0.3) is 0 Å². The second-order valence-corrected chi connectivity index (χ2v) is 3.69. The Labute approximate surface area is 103 Å². The summed E-state index contributed by atoms with van der Waals surface area (Å²) in [6.07, 6.45) is 0. The van der Waals surface area contributed by atoms with Gasteiger partial charge in [0.05, 0.1) is 10.6 Å². The monoisotopic (exact) mass is 247 g/mol. The van der Waals surface area contributed by atoms with Crippen molar-refractivity contribution in [2.45, 2.75) is 0 Å². The van der Waals surface area contributed by atoms with Crippen molar-refractivity contribution in [3.8, 4) is 17.6 Å². The summed E-state index contributed by atoms with van der Waals surface area (Å²) in [6, 6.07) is 12.9. The van der Waals surface area contributed by atoms with Crippen molar-refractivity contribution in [1.82, 2.24) is 0 Å². The fourth-order valence-electron chi connectivity index (χ4n) is 1.32. The lowest BCUT2D eigenvalue weighted by Crippen LogP contribution is -1.88. The zero-order valence-corrected chi connectivity index (χ0v) is 9.41. The Morgan fingerprint density at radius 1 is 1.18 bits per heavy atom. The van der Waals surface area contributed by atoms with Gasteiger partial charge in [-0.3, -0.25) is 0 Å². The summed E-state index contributed by atoms with van der Waals surface area (Å²) in [5.41, 5.74) is 0.392. The Morgan fingerprint density at radius 3 is 2.65 bits per heavy atom. The molecule has 0 heterocycles. The summed E-state index contributed by atoms with van der Waals surface area (Å²) in [5, 5.41) is 8.90. The second-order valence-electron chi connectivity index (χ2n) is 3.29. The van der Waals surface area contributed by atoms with E-state index in [1.54, 1.807) is 30.3 Å². The lowest BCUT2D eigenvalue weighted by Gasteiger charge is -2.07. The lowest BCUT2D eigenvalue weighted by molar-refractivity contribution is 0.475. The van der Waals surface area contributed by atoms with Crippen LogP contribution in [-0.2, 0) is 0 Å². The summed E-state index contributed by atoms with van der Waals surface area (Å²) in [5.74, 6) is 0.130. The third kappa shape index (κ3) is 2.55. The molecule has 0 aliphatic carbocycles. The molecule has 0 aromatic heterocycles. The number of hydrogen-bond donors (Lipinski definition) is 0. The smallest absolute Gasteiger partial charge is 0.145 e. The van der Waals surface area contributed by atoms with Gasteiger partial charge in [0.25, 0.3) is 0 Å². The topological polar surface area (TPSA) is 33.0 Å². The van der Waals surface area contributed by atoms with Gasteiger partial charge in [-0.05, 0) is 24.3 Å². The van der Waals surface area contributed by atoms with Crippen LogP contribution < -0.4 is 4.74 Å². The minimum atomic E-state index is -0.557. The summed E-state index contributed by atoms with van der Waals surface area (Å²) in [7, 11) is 0. The van der Waals surface area contributed by atoms with E-state index in [0.29, 0.717) is 17.1 Å². The molecule has 0 saturated heterocycles. The van der Waals surface area contributed by atoms with Crippen LogP contribution in [0.4, 0.5) is 4.39 Å². The molecule has 0 saturated carbocycles. The molecule has 4 heteroatoms. The van der Waals surface area contributed by atoms with Crippen LogP contribution in [0, 0.1) is 17.1 Å². The number of nitrogens with zero attached hydrogens (tertiary/aromatic N) is 1. The van der Waals surface area contributed by atoms with Gasteiger partial charge in [0.2, 0.25) is 0 Å². The van der Waals surface area contributed by atoms with Crippen LogP contribution >= 0.6 is 11.6 Å². The summed E-state index contributed by atoms with van der Waals surface area (Å²) < 4.78 is 18.6. The number of hydrogen-bond acceptors (Lipinski definition) is 2. The van der Waals surface area contributed by atoms with E-state index in [-0.39, 0.29) is 5.02 Å². The van der Waals surface area contributed by atoms with Crippen molar-refractivity contribution < 1.29 is 9.13 Å². The van der Waals surface area contributed by atoms with Crippen LogP contribution in [0.15, 0.2) is 42.5 Å². The van der Waals surface area contributed by atoms with Gasteiger partial charge in [-0.25, -0.2) is 4.39 Å². The highest BCUT2D eigenvalue weighted by atomic mass is 35.5. The molecular weight excluding hydrogens is 241 g/mol. The fraction of sp³-hybridized carbons (Fsp3) is 0.